The molecule has 21 heavy (non-hydrogen) atoms. The van der Waals surface area contributed by atoms with Crippen LogP contribution in [0.2, 0.25) is 5.02 Å². The van der Waals surface area contributed by atoms with Gasteiger partial charge in [-0.2, -0.15) is 0 Å². The van der Waals surface area contributed by atoms with Crippen LogP contribution in [0.15, 0.2) is 46.9 Å². The Labute approximate surface area is 138 Å². The summed E-state index contributed by atoms with van der Waals surface area (Å²) in [5, 5.41) is 3.54. The van der Waals surface area contributed by atoms with Crippen molar-refractivity contribution < 1.29 is 4.79 Å². The minimum Gasteiger partial charge on any atom is -0.322 e. The Morgan fingerprint density at radius 1 is 1.24 bits per heavy atom. The number of anilines is 1. The molecule has 2 aromatic carbocycles. The van der Waals surface area contributed by atoms with Gasteiger partial charge >= 0.3 is 0 Å². The Kier molecular flexibility index (Phi) is 5.39. The van der Waals surface area contributed by atoms with Gasteiger partial charge in [0.15, 0.2) is 0 Å². The minimum atomic E-state index is -0.162. The van der Waals surface area contributed by atoms with Gasteiger partial charge in [-0.1, -0.05) is 29.8 Å². The maximum atomic E-state index is 12.4. The van der Waals surface area contributed by atoms with Crippen molar-refractivity contribution in [3.05, 3.63) is 63.1 Å². The molecule has 0 aromatic heterocycles. The number of carbonyl (C=O) groups excluding carboxylic acids is 1. The Morgan fingerprint density at radius 3 is 2.62 bits per heavy atom. The van der Waals surface area contributed by atoms with Gasteiger partial charge in [0.25, 0.3) is 5.91 Å². The number of para-hydroxylation sites is 1. The molecule has 0 aliphatic heterocycles. The van der Waals surface area contributed by atoms with Crippen LogP contribution in [0.5, 0.6) is 0 Å². The van der Waals surface area contributed by atoms with Crippen molar-refractivity contribution in [2.75, 3.05) is 19.4 Å². The van der Waals surface area contributed by atoms with Gasteiger partial charge in [-0.05, 0) is 59.9 Å². The molecule has 0 saturated carbocycles. The third kappa shape index (κ3) is 4.30. The van der Waals surface area contributed by atoms with Crippen LogP contribution in [0.4, 0.5) is 5.69 Å². The molecule has 0 saturated heterocycles. The van der Waals surface area contributed by atoms with Crippen molar-refractivity contribution in [3.8, 4) is 0 Å². The lowest BCUT2D eigenvalue weighted by Gasteiger charge is -2.15. The number of nitrogens with zero attached hydrogens (tertiary/aromatic N) is 1. The molecule has 2 rings (SSSR count). The lowest BCUT2D eigenvalue weighted by atomic mass is 10.1. The van der Waals surface area contributed by atoms with E-state index in [0.29, 0.717) is 15.1 Å². The number of amides is 1. The largest absolute Gasteiger partial charge is 0.322 e. The molecular weight excluding hydrogens is 352 g/mol. The van der Waals surface area contributed by atoms with Crippen LogP contribution in [0.25, 0.3) is 0 Å². The molecular formula is C16H16BrClN2O. The summed E-state index contributed by atoms with van der Waals surface area (Å²) in [4.78, 5) is 14.4. The van der Waals surface area contributed by atoms with E-state index in [0.717, 1.165) is 17.8 Å². The minimum absolute atomic E-state index is 0.162. The van der Waals surface area contributed by atoms with Crippen LogP contribution in [0, 0.1) is 0 Å². The summed E-state index contributed by atoms with van der Waals surface area (Å²) in [6.45, 7) is 0.762. The first-order valence-corrected chi connectivity index (χ1v) is 7.63. The Bertz CT molecular complexity index is 658. The van der Waals surface area contributed by atoms with Gasteiger partial charge in [-0.3, -0.25) is 4.79 Å². The topological polar surface area (TPSA) is 32.3 Å². The fourth-order valence-electron chi connectivity index (χ4n) is 1.98. The second-order valence-corrected chi connectivity index (χ2v) is 6.26. The Morgan fingerprint density at radius 2 is 1.95 bits per heavy atom. The second kappa shape index (κ2) is 7.07. The van der Waals surface area contributed by atoms with Crippen LogP contribution in [-0.4, -0.2) is 24.9 Å². The van der Waals surface area contributed by atoms with Crippen LogP contribution in [0.1, 0.15) is 15.9 Å². The third-order valence-electron chi connectivity index (χ3n) is 2.93. The molecule has 5 heteroatoms. The van der Waals surface area contributed by atoms with Crippen molar-refractivity contribution in [1.82, 2.24) is 4.90 Å². The number of hydrogen-bond acceptors (Lipinski definition) is 2. The van der Waals surface area contributed by atoms with E-state index >= 15 is 0 Å². The smallest absolute Gasteiger partial charge is 0.256 e. The number of rotatable bonds is 4. The summed E-state index contributed by atoms with van der Waals surface area (Å²) in [5.74, 6) is -0.162. The van der Waals surface area contributed by atoms with E-state index in [4.69, 9.17) is 11.6 Å². The van der Waals surface area contributed by atoms with Gasteiger partial charge in [0.2, 0.25) is 0 Å². The van der Waals surface area contributed by atoms with Gasteiger partial charge in [0.1, 0.15) is 0 Å². The second-order valence-electron chi connectivity index (χ2n) is 4.97. The van der Waals surface area contributed by atoms with Crippen LogP contribution < -0.4 is 5.32 Å². The van der Waals surface area contributed by atoms with E-state index in [1.165, 1.54) is 0 Å². The zero-order valence-electron chi connectivity index (χ0n) is 11.9. The number of carbonyl (C=O) groups is 1. The SMILES string of the molecule is CN(C)Cc1ccccc1NC(=O)c1ccc(Cl)cc1Br. The molecule has 1 amide bonds. The maximum absolute atomic E-state index is 12.4. The monoisotopic (exact) mass is 366 g/mol. The molecule has 0 fully saturated rings. The Balaban J connectivity index is 2.23. The predicted octanol–water partition coefficient (Wildman–Crippen LogP) is 4.42. The molecule has 2 aromatic rings. The average molecular weight is 368 g/mol. The highest BCUT2D eigenvalue weighted by atomic mass is 79.9. The molecule has 0 atom stereocenters. The molecule has 110 valence electrons. The molecule has 3 nitrogen and oxygen atoms in total. The first-order valence-electron chi connectivity index (χ1n) is 6.46. The zero-order valence-corrected chi connectivity index (χ0v) is 14.2. The molecule has 0 spiro atoms. The molecule has 1 N–H and O–H groups in total. The van der Waals surface area contributed by atoms with E-state index in [9.17, 15) is 4.79 Å². The van der Waals surface area contributed by atoms with Crippen LogP contribution in [0.3, 0.4) is 0 Å². The van der Waals surface area contributed by atoms with Crippen molar-refractivity contribution in [2.45, 2.75) is 6.54 Å². The summed E-state index contributed by atoms with van der Waals surface area (Å²) in [6, 6.07) is 12.9. The normalized spacial score (nSPS) is 10.7. The number of nitrogens with one attached hydrogen (secondary N) is 1. The molecule has 0 heterocycles. The summed E-state index contributed by atoms with van der Waals surface area (Å²) in [7, 11) is 3.99. The number of halogens is 2. The maximum Gasteiger partial charge on any atom is 0.256 e. The van der Waals surface area contributed by atoms with E-state index in [1.54, 1.807) is 18.2 Å². The lowest BCUT2D eigenvalue weighted by molar-refractivity contribution is 0.102. The fraction of sp³-hybridized carbons (Fsp3) is 0.188. The van der Waals surface area contributed by atoms with E-state index in [-0.39, 0.29) is 5.91 Å². The van der Waals surface area contributed by atoms with Crippen molar-refractivity contribution >= 4 is 39.1 Å². The first-order chi connectivity index (χ1) is 9.97. The summed E-state index contributed by atoms with van der Waals surface area (Å²) in [5.41, 5.74) is 2.44. The third-order valence-corrected chi connectivity index (χ3v) is 3.82. The van der Waals surface area contributed by atoms with Crippen LogP contribution >= 0.6 is 27.5 Å². The molecule has 0 radical (unpaired) electrons. The van der Waals surface area contributed by atoms with Gasteiger partial charge in [0.05, 0.1) is 5.56 Å². The highest BCUT2D eigenvalue weighted by Crippen LogP contribution is 2.23. The number of hydrogen-bond donors (Lipinski definition) is 1. The fourth-order valence-corrected chi connectivity index (χ4v) is 2.85. The average Bonchev–Trinajstić information content (AvgIpc) is 2.40. The first kappa shape index (κ1) is 16.0. The molecule has 0 aliphatic carbocycles. The number of benzene rings is 2. The molecule has 0 bridgehead atoms. The van der Waals surface area contributed by atoms with Gasteiger partial charge in [-0.15, -0.1) is 0 Å². The zero-order chi connectivity index (χ0) is 15.4. The standard InChI is InChI=1S/C16H16BrClN2O/c1-20(2)10-11-5-3-4-6-15(11)19-16(21)13-8-7-12(18)9-14(13)17/h3-9H,10H2,1-2H3,(H,19,21). The van der Waals surface area contributed by atoms with Gasteiger partial charge in [0, 0.05) is 21.7 Å². The van der Waals surface area contributed by atoms with Crippen LogP contribution in [-0.2, 0) is 6.54 Å². The van der Waals surface area contributed by atoms with Crippen molar-refractivity contribution in [3.63, 3.8) is 0 Å². The van der Waals surface area contributed by atoms with E-state index < -0.39 is 0 Å². The summed E-state index contributed by atoms with van der Waals surface area (Å²) < 4.78 is 0.678. The quantitative estimate of drug-likeness (QED) is 0.868. The van der Waals surface area contributed by atoms with Crippen molar-refractivity contribution in [1.29, 1.82) is 0 Å². The summed E-state index contributed by atoms with van der Waals surface area (Å²) in [6.07, 6.45) is 0. The highest BCUT2D eigenvalue weighted by molar-refractivity contribution is 9.10. The Hall–Kier alpha value is -1.36. The predicted molar refractivity (Wildman–Crippen MR) is 90.9 cm³/mol. The van der Waals surface area contributed by atoms with E-state index in [2.05, 4.69) is 26.1 Å². The molecule has 0 unspecified atom stereocenters. The lowest BCUT2D eigenvalue weighted by Crippen LogP contribution is -2.17. The highest BCUT2D eigenvalue weighted by Gasteiger charge is 2.12. The molecule has 0 aliphatic rings. The summed E-state index contributed by atoms with van der Waals surface area (Å²) >= 11 is 9.26. The van der Waals surface area contributed by atoms with Gasteiger partial charge in [-0.25, -0.2) is 0 Å². The van der Waals surface area contributed by atoms with E-state index in [1.807, 2.05) is 38.4 Å². The van der Waals surface area contributed by atoms with Gasteiger partial charge < -0.3 is 10.2 Å². The van der Waals surface area contributed by atoms with Crippen molar-refractivity contribution in [2.24, 2.45) is 0 Å².